The highest BCUT2D eigenvalue weighted by atomic mass is 79.9. The number of hydrogen-bond donors (Lipinski definition) is 1. The first-order chi connectivity index (χ1) is 16.3. The third-order valence-corrected chi connectivity index (χ3v) is 7.18. The van der Waals surface area contributed by atoms with E-state index < -0.39 is 5.60 Å². The third-order valence-electron chi connectivity index (χ3n) is 6.68. The molecule has 1 amide bonds. The van der Waals surface area contributed by atoms with E-state index in [-0.39, 0.29) is 12.3 Å². The van der Waals surface area contributed by atoms with Gasteiger partial charge in [0.1, 0.15) is 16.9 Å². The molecule has 4 aromatic rings. The molecule has 1 unspecified atom stereocenters. The van der Waals surface area contributed by atoms with Gasteiger partial charge in [0.15, 0.2) is 0 Å². The number of rotatable bonds is 4. The van der Waals surface area contributed by atoms with E-state index in [1.165, 1.54) is 0 Å². The van der Waals surface area contributed by atoms with E-state index in [4.69, 9.17) is 0 Å². The molecule has 0 spiro atoms. The molecule has 9 heteroatoms. The Morgan fingerprint density at radius 3 is 2.85 bits per heavy atom. The zero-order valence-electron chi connectivity index (χ0n) is 19.3. The van der Waals surface area contributed by atoms with Gasteiger partial charge in [0.2, 0.25) is 5.91 Å². The number of fused-ring (bicyclic) bond motifs is 1. The van der Waals surface area contributed by atoms with Crippen LogP contribution in [0.2, 0.25) is 0 Å². The summed E-state index contributed by atoms with van der Waals surface area (Å²) in [4.78, 5) is 19.4. The summed E-state index contributed by atoms with van der Waals surface area (Å²) in [6.45, 7) is 5.10. The normalized spacial score (nSPS) is 18.9. The molecular formula is C25H27BrN6O2. The largest absolute Gasteiger partial charge is 0.383 e. The average molecular weight is 523 g/mol. The van der Waals surface area contributed by atoms with Crippen LogP contribution >= 0.6 is 15.9 Å². The molecule has 1 aliphatic heterocycles. The fourth-order valence-corrected chi connectivity index (χ4v) is 5.17. The molecule has 1 N–H and O–H groups in total. The molecule has 1 fully saturated rings. The Bertz CT molecular complexity index is 1360. The van der Waals surface area contributed by atoms with Gasteiger partial charge in [-0.15, -0.1) is 5.10 Å². The molecule has 5 rings (SSSR count). The lowest BCUT2D eigenvalue weighted by Crippen LogP contribution is -2.35. The van der Waals surface area contributed by atoms with Crippen LogP contribution in [0.4, 0.5) is 0 Å². The monoisotopic (exact) mass is 522 g/mol. The number of halogens is 1. The summed E-state index contributed by atoms with van der Waals surface area (Å²) in [5.41, 5.74) is 4.22. The van der Waals surface area contributed by atoms with Gasteiger partial charge in [-0.3, -0.25) is 4.79 Å². The zero-order valence-corrected chi connectivity index (χ0v) is 20.9. The second-order valence-electron chi connectivity index (χ2n) is 9.06. The van der Waals surface area contributed by atoms with Crippen molar-refractivity contribution in [2.45, 2.75) is 45.1 Å². The average Bonchev–Trinajstić information content (AvgIpc) is 3.40. The Hall–Kier alpha value is -3.04. The molecule has 1 saturated heterocycles. The smallest absolute Gasteiger partial charge is 0.228 e. The van der Waals surface area contributed by atoms with E-state index in [0.717, 1.165) is 32.6 Å². The van der Waals surface area contributed by atoms with Gasteiger partial charge in [-0.25, -0.2) is 9.67 Å². The molecule has 1 atom stereocenters. The van der Waals surface area contributed by atoms with Crippen LogP contribution in [0, 0.1) is 13.8 Å². The Kier molecular flexibility index (Phi) is 5.99. The molecule has 0 bridgehead atoms. The van der Waals surface area contributed by atoms with Gasteiger partial charge in [0, 0.05) is 30.0 Å². The first-order valence-corrected chi connectivity index (χ1v) is 12.2. The number of benzene rings is 1. The summed E-state index contributed by atoms with van der Waals surface area (Å²) < 4.78 is 4.68. The number of nitrogens with zero attached hydrogens (tertiary/aromatic N) is 6. The van der Waals surface area contributed by atoms with Crippen LogP contribution in [0.15, 0.2) is 53.4 Å². The Balaban J connectivity index is 1.30. The van der Waals surface area contributed by atoms with Crippen molar-refractivity contribution < 1.29 is 9.90 Å². The number of pyridine rings is 1. The van der Waals surface area contributed by atoms with Crippen LogP contribution in [0.25, 0.3) is 11.3 Å². The van der Waals surface area contributed by atoms with Gasteiger partial charge in [0.25, 0.3) is 0 Å². The number of aryl methyl sites for hydroxylation is 2. The van der Waals surface area contributed by atoms with Crippen LogP contribution in [-0.4, -0.2) is 53.4 Å². The highest BCUT2D eigenvalue weighted by molar-refractivity contribution is 9.10. The van der Waals surface area contributed by atoms with Crippen molar-refractivity contribution in [2.75, 3.05) is 13.1 Å². The minimum atomic E-state index is -1.11. The van der Waals surface area contributed by atoms with Gasteiger partial charge in [-0.1, -0.05) is 27.2 Å². The Labute approximate surface area is 206 Å². The summed E-state index contributed by atoms with van der Waals surface area (Å²) in [7, 11) is 0. The molecule has 1 aromatic carbocycles. The minimum absolute atomic E-state index is 0.0432. The lowest BCUT2D eigenvalue weighted by Gasteiger charge is -2.24. The first kappa shape index (κ1) is 22.7. The standard InChI is InChI=1S/C25H27BrN6O2/c1-17-5-3-11-31-20(15-27-24(17)31)14-23(33)30-10-4-8-25(34,9-12-30)22-16-32(29-28-22)21-7-6-19(26)13-18(21)2/h3,5-7,11,13,15-16,34H,4,8-10,12,14H2,1-2H3. The lowest BCUT2D eigenvalue weighted by atomic mass is 9.92. The van der Waals surface area contributed by atoms with Crippen molar-refractivity contribution in [1.82, 2.24) is 29.3 Å². The molecule has 4 heterocycles. The molecule has 0 aliphatic carbocycles. The zero-order chi connectivity index (χ0) is 23.9. The van der Waals surface area contributed by atoms with E-state index in [0.29, 0.717) is 38.0 Å². The molecule has 0 radical (unpaired) electrons. The summed E-state index contributed by atoms with van der Waals surface area (Å²) in [6.07, 6.45) is 7.44. The van der Waals surface area contributed by atoms with Crippen LogP contribution < -0.4 is 0 Å². The van der Waals surface area contributed by atoms with Crippen molar-refractivity contribution in [3.05, 3.63) is 75.9 Å². The third kappa shape index (κ3) is 4.25. The maximum Gasteiger partial charge on any atom is 0.228 e. The molecular weight excluding hydrogens is 496 g/mol. The van der Waals surface area contributed by atoms with E-state index in [9.17, 15) is 9.90 Å². The van der Waals surface area contributed by atoms with Gasteiger partial charge in [-0.05, 0) is 68.5 Å². The van der Waals surface area contributed by atoms with Gasteiger partial charge >= 0.3 is 0 Å². The summed E-state index contributed by atoms with van der Waals surface area (Å²) in [5.74, 6) is 0.0432. The van der Waals surface area contributed by atoms with Crippen molar-refractivity contribution >= 4 is 27.5 Å². The number of carbonyl (C=O) groups is 1. The molecule has 176 valence electrons. The highest BCUT2D eigenvalue weighted by Crippen LogP contribution is 2.32. The maximum atomic E-state index is 13.1. The van der Waals surface area contributed by atoms with E-state index in [1.807, 2.05) is 59.7 Å². The van der Waals surface area contributed by atoms with Gasteiger partial charge < -0.3 is 14.4 Å². The topological polar surface area (TPSA) is 88.5 Å². The first-order valence-electron chi connectivity index (χ1n) is 11.5. The summed E-state index contributed by atoms with van der Waals surface area (Å²) >= 11 is 3.48. The van der Waals surface area contributed by atoms with Crippen LogP contribution in [-0.2, 0) is 16.8 Å². The van der Waals surface area contributed by atoms with Gasteiger partial charge in [-0.2, -0.15) is 0 Å². The van der Waals surface area contributed by atoms with E-state index in [2.05, 4.69) is 31.2 Å². The lowest BCUT2D eigenvalue weighted by molar-refractivity contribution is -0.130. The fourth-order valence-electron chi connectivity index (χ4n) is 4.70. The number of imidazole rings is 1. The van der Waals surface area contributed by atoms with Crippen molar-refractivity contribution in [3.63, 3.8) is 0 Å². The minimum Gasteiger partial charge on any atom is -0.383 e. The SMILES string of the molecule is Cc1cc(Br)ccc1-n1cc(C2(O)CCCN(C(=O)Cc3cnc4c(C)cccn34)CC2)nn1. The Morgan fingerprint density at radius 2 is 2.03 bits per heavy atom. The number of carbonyl (C=O) groups excluding carboxylic acids is 1. The molecule has 34 heavy (non-hydrogen) atoms. The molecule has 8 nitrogen and oxygen atoms in total. The Morgan fingerprint density at radius 1 is 1.18 bits per heavy atom. The van der Waals surface area contributed by atoms with Crippen LogP contribution in [0.1, 0.15) is 41.8 Å². The number of aromatic nitrogens is 5. The quantitative estimate of drug-likeness (QED) is 0.441. The summed E-state index contributed by atoms with van der Waals surface area (Å²) in [5, 5.41) is 20.0. The van der Waals surface area contributed by atoms with Crippen molar-refractivity contribution in [1.29, 1.82) is 0 Å². The fraction of sp³-hybridized carbons (Fsp3) is 0.360. The van der Waals surface area contributed by atoms with E-state index >= 15 is 0 Å². The number of likely N-dealkylation sites (tertiary alicyclic amines) is 1. The predicted octanol–water partition coefficient (Wildman–Crippen LogP) is 3.74. The van der Waals surface area contributed by atoms with Crippen LogP contribution in [0.3, 0.4) is 0 Å². The van der Waals surface area contributed by atoms with E-state index in [1.54, 1.807) is 17.1 Å². The van der Waals surface area contributed by atoms with Crippen molar-refractivity contribution in [3.8, 4) is 5.69 Å². The molecule has 0 saturated carbocycles. The number of aliphatic hydroxyl groups is 1. The maximum absolute atomic E-state index is 13.1. The predicted molar refractivity (Wildman–Crippen MR) is 132 cm³/mol. The van der Waals surface area contributed by atoms with Gasteiger partial charge in [0.05, 0.1) is 24.0 Å². The number of hydrogen-bond acceptors (Lipinski definition) is 5. The molecule has 3 aromatic heterocycles. The van der Waals surface area contributed by atoms with Crippen molar-refractivity contribution in [2.24, 2.45) is 0 Å². The highest BCUT2D eigenvalue weighted by Gasteiger charge is 2.36. The second-order valence-corrected chi connectivity index (χ2v) is 9.97. The number of amides is 1. The second kappa shape index (κ2) is 8.96. The van der Waals surface area contributed by atoms with Crippen LogP contribution in [0.5, 0.6) is 0 Å². The summed E-state index contributed by atoms with van der Waals surface area (Å²) in [6, 6.07) is 9.92. The molecule has 1 aliphatic rings.